The van der Waals surface area contributed by atoms with Crippen LogP contribution in [-0.4, -0.2) is 5.24 Å². The van der Waals surface area contributed by atoms with E-state index in [0.717, 1.165) is 0 Å². The molecule has 1 rings (SSSR count). The van der Waals surface area contributed by atoms with Crippen molar-refractivity contribution in [2.24, 2.45) is 0 Å². The number of carbonyl (C=O) groups is 1. The number of anilines is 1. The van der Waals surface area contributed by atoms with Gasteiger partial charge in [-0.05, 0) is 11.6 Å². The average Bonchev–Trinajstić information content (AvgIpc) is 2.11. The van der Waals surface area contributed by atoms with Crippen LogP contribution in [0, 0.1) is 23.3 Å². The summed E-state index contributed by atoms with van der Waals surface area (Å²) in [5.41, 5.74) is 2.47. The van der Waals surface area contributed by atoms with Crippen molar-refractivity contribution < 1.29 is 22.4 Å². The zero-order valence-electron chi connectivity index (χ0n) is 6.38. The van der Waals surface area contributed by atoms with Crippen molar-refractivity contribution in [3.8, 4) is 0 Å². The van der Waals surface area contributed by atoms with Gasteiger partial charge < -0.3 is 5.73 Å². The summed E-state index contributed by atoms with van der Waals surface area (Å²) >= 11 is 4.80. The maximum atomic E-state index is 12.8. The molecule has 0 amide bonds. The van der Waals surface area contributed by atoms with Gasteiger partial charge in [0.2, 0.25) is 0 Å². The van der Waals surface area contributed by atoms with Crippen molar-refractivity contribution in [2.75, 3.05) is 5.73 Å². The number of halogens is 5. The maximum absolute atomic E-state index is 12.8. The van der Waals surface area contributed by atoms with E-state index in [0.29, 0.717) is 0 Å². The molecule has 0 radical (unpaired) electrons. The van der Waals surface area contributed by atoms with Crippen LogP contribution in [0.2, 0.25) is 0 Å². The number of nitrogens with two attached hydrogens (primary N) is 1. The normalized spacial score (nSPS) is 10.4. The van der Waals surface area contributed by atoms with Crippen molar-refractivity contribution in [3.05, 3.63) is 28.8 Å². The van der Waals surface area contributed by atoms with Gasteiger partial charge in [0, 0.05) is 0 Å². The van der Waals surface area contributed by atoms with Crippen LogP contribution in [0.25, 0.3) is 0 Å². The Kier molecular flexibility index (Phi) is 2.66. The number of hydrogen-bond acceptors (Lipinski definition) is 2. The predicted molar refractivity (Wildman–Crippen MR) is 40.9 cm³/mol. The second-order valence-electron chi connectivity index (χ2n) is 2.32. The Labute approximate surface area is 80.3 Å². The SMILES string of the molecule is Nc1c(F)c(F)c(F)c(F)c1C(=O)Cl. The summed E-state index contributed by atoms with van der Waals surface area (Å²) in [6.07, 6.45) is 0. The van der Waals surface area contributed by atoms with Gasteiger partial charge in [0.15, 0.2) is 23.3 Å². The van der Waals surface area contributed by atoms with Gasteiger partial charge in [-0.2, -0.15) is 0 Å². The number of rotatable bonds is 1. The Bertz CT molecular complexity index is 392. The fourth-order valence-corrected chi connectivity index (χ4v) is 1.03. The standard InChI is InChI=1S/C7H2ClF4NO/c8-7(14)1-2(9)3(10)4(11)5(12)6(1)13/h13H2. The maximum Gasteiger partial charge on any atom is 0.257 e. The lowest BCUT2D eigenvalue weighted by Gasteiger charge is -2.05. The first-order valence-electron chi connectivity index (χ1n) is 3.19. The summed E-state index contributed by atoms with van der Waals surface area (Å²) < 4.78 is 50.5. The van der Waals surface area contributed by atoms with Crippen LogP contribution >= 0.6 is 11.6 Å². The van der Waals surface area contributed by atoms with Gasteiger partial charge >= 0.3 is 0 Å². The highest BCUT2D eigenvalue weighted by Gasteiger charge is 2.26. The van der Waals surface area contributed by atoms with Crippen molar-refractivity contribution in [1.29, 1.82) is 0 Å². The molecule has 0 aliphatic rings. The van der Waals surface area contributed by atoms with Crippen molar-refractivity contribution >= 4 is 22.5 Å². The first-order chi connectivity index (χ1) is 6.37. The average molecular weight is 228 g/mol. The summed E-state index contributed by atoms with van der Waals surface area (Å²) in [6, 6.07) is 0. The summed E-state index contributed by atoms with van der Waals surface area (Å²) in [5, 5.41) is -1.50. The summed E-state index contributed by atoms with van der Waals surface area (Å²) in [5.74, 6) is -7.95. The lowest BCUT2D eigenvalue weighted by Crippen LogP contribution is -2.10. The Morgan fingerprint density at radius 2 is 1.43 bits per heavy atom. The van der Waals surface area contributed by atoms with Gasteiger partial charge in [0.05, 0.1) is 11.3 Å². The van der Waals surface area contributed by atoms with Gasteiger partial charge in [-0.1, -0.05) is 0 Å². The van der Waals surface area contributed by atoms with E-state index in [1.54, 1.807) is 0 Å². The van der Waals surface area contributed by atoms with Gasteiger partial charge in [0.1, 0.15) is 0 Å². The minimum absolute atomic E-state index is 1.15. The smallest absolute Gasteiger partial charge is 0.257 e. The van der Waals surface area contributed by atoms with E-state index < -0.39 is 39.8 Å². The minimum atomic E-state index is -2.12. The van der Waals surface area contributed by atoms with E-state index in [9.17, 15) is 22.4 Å². The van der Waals surface area contributed by atoms with Crippen LogP contribution in [0.3, 0.4) is 0 Å². The molecule has 14 heavy (non-hydrogen) atoms. The summed E-state index contributed by atoms with van der Waals surface area (Å²) in [6.45, 7) is 0. The van der Waals surface area contributed by atoms with Crippen LogP contribution in [0.1, 0.15) is 10.4 Å². The van der Waals surface area contributed by atoms with Crippen LogP contribution in [0.15, 0.2) is 0 Å². The summed E-state index contributed by atoms with van der Waals surface area (Å²) in [7, 11) is 0. The molecule has 76 valence electrons. The monoisotopic (exact) mass is 227 g/mol. The topological polar surface area (TPSA) is 43.1 Å². The number of carbonyl (C=O) groups excluding carboxylic acids is 1. The molecule has 0 saturated heterocycles. The zero-order chi connectivity index (χ0) is 11.0. The molecule has 7 heteroatoms. The third kappa shape index (κ3) is 1.41. The van der Waals surface area contributed by atoms with Crippen molar-refractivity contribution in [1.82, 2.24) is 0 Å². The van der Waals surface area contributed by atoms with E-state index in [2.05, 4.69) is 0 Å². The Hall–Kier alpha value is -1.30. The molecule has 0 bridgehead atoms. The first kappa shape index (κ1) is 10.8. The number of benzene rings is 1. The zero-order valence-corrected chi connectivity index (χ0v) is 7.13. The van der Waals surface area contributed by atoms with Gasteiger partial charge in [-0.25, -0.2) is 17.6 Å². The van der Waals surface area contributed by atoms with E-state index in [1.165, 1.54) is 0 Å². The lowest BCUT2D eigenvalue weighted by atomic mass is 10.1. The van der Waals surface area contributed by atoms with Gasteiger partial charge in [-0.15, -0.1) is 0 Å². The third-order valence-electron chi connectivity index (χ3n) is 1.50. The van der Waals surface area contributed by atoms with E-state index in [-0.39, 0.29) is 0 Å². The van der Waals surface area contributed by atoms with Crippen LogP contribution in [-0.2, 0) is 0 Å². The number of hydrogen-bond donors (Lipinski definition) is 1. The molecule has 0 atom stereocenters. The molecule has 2 N–H and O–H groups in total. The molecule has 0 aliphatic carbocycles. The Balaban J connectivity index is 3.68. The van der Waals surface area contributed by atoms with Gasteiger partial charge in [0.25, 0.3) is 5.24 Å². The second-order valence-corrected chi connectivity index (χ2v) is 2.66. The minimum Gasteiger partial charge on any atom is -0.396 e. The molecule has 0 spiro atoms. The molecule has 0 aliphatic heterocycles. The van der Waals surface area contributed by atoms with E-state index in [1.807, 2.05) is 0 Å². The molecular weight excluding hydrogens is 226 g/mol. The highest BCUT2D eigenvalue weighted by molar-refractivity contribution is 6.68. The molecule has 0 unspecified atom stereocenters. The molecule has 1 aromatic carbocycles. The molecule has 0 fully saturated rings. The van der Waals surface area contributed by atoms with E-state index >= 15 is 0 Å². The molecule has 0 heterocycles. The van der Waals surface area contributed by atoms with Crippen LogP contribution in [0.5, 0.6) is 0 Å². The highest BCUT2D eigenvalue weighted by Crippen LogP contribution is 2.27. The van der Waals surface area contributed by atoms with Gasteiger partial charge in [-0.3, -0.25) is 4.79 Å². The van der Waals surface area contributed by atoms with Crippen molar-refractivity contribution in [3.63, 3.8) is 0 Å². The van der Waals surface area contributed by atoms with E-state index in [4.69, 9.17) is 17.3 Å². The predicted octanol–water partition coefficient (Wildman–Crippen LogP) is 2.20. The largest absolute Gasteiger partial charge is 0.396 e. The highest BCUT2D eigenvalue weighted by atomic mass is 35.5. The molecule has 2 nitrogen and oxygen atoms in total. The molecule has 0 aromatic heterocycles. The third-order valence-corrected chi connectivity index (χ3v) is 1.69. The fraction of sp³-hybridized carbons (Fsp3) is 0. The Morgan fingerprint density at radius 1 is 1.00 bits per heavy atom. The van der Waals surface area contributed by atoms with Crippen molar-refractivity contribution in [2.45, 2.75) is 0 Å². The second kappa shape index (κ2) is 3.45. The molecule has 0 saturated carbocycles. The Morgan fingerprint density at radius 3 is 1.86 bits per heavy atom. The number of nitrogen functional groups attached to an aromatic ring is 1. The van der Waals surface area contributed by atoms with Crippen LogP contribution in [0.4, 0.5) is 23.2 Å². The first-order valence-corrected chi connectivity index (χ1v) is 3.57. The lowest BCUT2D eigenvalue weighted by molar-refractivity contribution is 0.107. The molecule has 1 aromatic rings. The molecular formula is C7H2ClF4NO. The van der Waals surface area contributed by atoms with Crippen LogP contribution < -0.4 is 5.73 Å². The quantitative estimate of drug-likeness (QED) is 0.263. The summed E-state index contributed by atoms with van der Waals surface area (Å²) in [4.78, 5) is 10.5. The fourth-order valence-electron chi connectivity index (χ4n) is 0.841.